The summed E-state index contributed by atoms with van der Waals surface area (Å²) in [6.07, 6.45) is -0.945. The SMILES string of the molecule is CC(C)(C)OC(=O)N1CCOC(COS(=O)(=O)Cc2ccccc2)C1. The first-order valence-electron chi connectivity index (χ1n) is 8.15. The Labute approximate surface area is 149 Å². The second-order valence-corrected chi connectivity index (χ2v) is 8.53. The van der Waals surface area contributed by atoms with E-state index in [4.69, 9.17) is 13.7 Å². The number of hydrogen-bond acceptors (Lipinski definition) is 6. The summed E-state index contributed by atoms with van der Waals surface area (Å²) < 4.78 is 40.0. The highest BCUT2D eigenvalue weighted by Gasteiger charge is 2.29. The molecule has 0 bridgehead atoms. The van der Waals surface area contributed by atoms with Crippen LogP contribution in [0.1, 0.15) is 26.3 Å². The Balaban J connectivity index is 1.85. The molecule has 140 valence electrons. The smallest absolute Gasteiger partial charge is 0.410 e. The van der Waals surface area contributed by atoms with Crippen molar-refractivity contribution in [1.82, 2.24) is 4.90 Å². The Bertz CT molecular complexity index is 668. The Morgan fingerprint density at radius 2 is 1.96 bits per heavy atom. The van der Waals surface area contributed by atoms with Crippen LogP contribution in [0, 0.1) is 0 Å². The number of morpholine rings is 1. The third-order valence-electron chi connectivity index (χ3n) is 3.41. The fourth-order valence-corrected chi connectivity index (χ4v) is 3.36. The largest absolute Gasteiger partial charge is 0.444 e. The van der Waals surface area contributed by atoms with Crippen LogP contribution in [0.2, 0.25) is 0 Å². The summed E-state index contributed by atoms with van der Waals surface area (Å²) in [5.74, 6) is -0.198. The number of ether oxygens (including phenoxy) is 2. The summed E-state index contributed by atoms with van der Waals surface area (Å²) in [5.41, 5.74) is 0.0721. The highest BCUT2D eigenvalue weighted by molar-refractivity contribution is 7.85. The molecule has 1 aromatic rings. The molecule has 1 atom stereocenters. The van der Waals surface area contributed by atoms with Crippen LogP contribution in [0.15, 0.2) is 30.3 Å². The molecule has 25 heavy (non-hydrogen) atoms. The van der Waals surface area contributed by atoms with E-state index in [1.165, 1.54) is 4.90 Å². The lowest BCUT2D eigenvalue weighted by Gasteiger charge is -2.33. The Kier molecular flexibility index (Phi) is 6.42. The molecular formula is C17H25NO6S. The van der Waals surface area contributed by atoms with Gasteiger partial charge in [0, 0.05) is 6.54 Å². The Morgan fingerprint density at radius 1 is 1.28 bits per heavy atom. The van der Waals surface area contributed by atoms with Gasteiger partial charge >= 0.3 is 6.09 Å². The molecule has 1 aliphatic heterocycles. The standard InChI is InChI=1S/C17H25NO6S/c1-17(2,3)24-16(19)18-9-10-22-15(11-18)12-23-25(20,21)13-14-7-5-4-6-8-14/h4-8,15H,9-13H2,1-3H3. The topological polar surface area (TPSA) is 82.1 Å². The minimum atomic E-state index is -3.72. The molecule has 0 spiro atoms. The summed E-state index contributed by atoms with van der Waals surface area (Å²) >= 11 is 0. The van der Waals surface area contributed by atoms with E-state index in [2.05, 4.69) is 0 Å². The van der Waals surface area contributed by atoms with Gasteiger partial charge in [0.2, 0.25) is 0 Å². The van der Waals surface area contributed by atoms with Crippen molar-refractivity contribution in [1.29, 1.82) is 0 Å². The van der Waals surface area contributed by atoms with E-state index in [0.717, 1.165) is 0 Å². The maximum Gasteiger partial charge on any atom is 0.410 e. The highest BCUT2D eigenvalue weighted by atomic mass is 32.2. The van der Waals surface area contributed by atoms with Crippen molar-refractivity contribution in [3.8, 4) is 0 Å². The first-order valence-corrected chi connectivity index (χ1v) is 9.73. The normalized spacial score (nSPS) is 18.8. The zero-order valence-electron chi connectivity index (χ0n) is 14.8. The summed E-state index contributed by atoms with van der Waals surface area (Å²) in [6.45, 7) is 6.20. The van der Waals surface area contributed by atoms with Crippen LogP contribution in [-0.4, -0.2) is 57.4 Å². The van der Waals surface area contributed by atoms with Gasteiger partial charge < -0.3 is 14.4 Å². The van der Waals surface area contributed by atoms with Gasteiger partial charge in [-0.2, -0.15) is 8.42 Å². The summed E-state index contributed by atoms with van der Waals surface area (Å²) in [4.78, 5) is 13.6. The Morgan fingerprint density at radius 3 is 2.60 bits per heavy atom. The van der Waals surface area contributed by atoms with Gasteiger partial charge in [0.25, 0.3) is 10.1 Å². The van der Waals surface area contributed by atoms with Crippen molar-refractivity contribution >= 4 is 16.2 Å². The fourth-order valence-electron chi connectivity index (χ4n) is 2.31. The monoisotopic (exact) mass is 371 g/mol. The molecule has 1 saturated heterocycles. The van der Waals surface area contributed by atoms with Crippen molar-refractivity contribution in [2.45, 2.75) is 38.2 Å². The molecule has 0 aliphatic carbocycles. The first kappa shape index (κ1) is 19.7. The van der Waals surface area contributed by atoms with E-state index in [1.54, 1.807) is 45.0 Å². The molecule has 0 aromatic heterocycles. The number of carbonyl (C=O) groups is 1. The van der Waals surface area contributed by atoms with Crippen molar-refractivity contribution in [3.05, 3.63) is 35.9 Å². The molecule has 1 amide bonds. The van der Waals surface area contributed by atoms with Gasteiger partial charge in [0.15, 0.2) is 0 Å². The highest BCUT2D eigenvalue weighted by Crippen LogP contribution is 2.14. The maximum atomic E-state index is 12.1. The predicted molar refractivity (Wildman–Crippen MR) is 92.6 cm³/mol. The number of benzene rings is 1. The molecule has 1 unspecified atom stereocenters. The van der Waals surface area contributed by atoms with E-state index in [0.29, 0.717) is 18.7 Å². The quantitative estimate of drug-likeness (QED) is 0.738. The average Bonchev–Trinajstić information content (AvgIpc) is 2.52. The molecule has 0 saturated carbocycles. The van der Waals surface area contributed by atoms with Gasteiger partial charge in [-0.25, -0.2) is 4.79 Å². The van der Waals surface area contributed by atoms with E-state index >= 15 is 0 Å². The van der Waals surface area contributed by atoms with Gasteiger partial charge in [-0.3, -0.25) is 4.18 Å². The van der Waals surface area contributed by atoms with Crippen LogP contribution in [-0.2, 0) is 29.5 Å². The number of nitrogens with zero attached hydrogens (tertiary/aromatic N) is 1. The van der Waals surface area contributed by atoms with Gasteiger partial charge in [-0.15, -0.1) is 0 Å². The number of hydrogen-bond donors (Lipinski definition) is 0. The molecule has 0 N–H and O–H groups in total. The van der Waals surface area contributed by atoms with E-state index in [1.807, 2.05) is 6.07 Å². The molecule has 7 nitrogen and oxygen atoms in total. The molecule has 8 heteroatoms. The Hall–Kier alpha value is -1.64. The van der Waals surface area contributed by atoms with Crippen molar-refractivity contribution in [3.63, 3.8) is 0 Å². The second-order valence-electron chi connectivity index (χ2n) is 6.89. The lowest BCUT2D eigenvalue weighted by atomic mass is 10.2. The van der Waals surface area contributed by atoms with Crippen LogP contribution in [0.3, 0.4) is 0 Å². The molecular weight excluding hydrogens is 346 g/mol. The predicted octanol–water partition coefficient (Wildman–Crippen LogP) is 2.17. The number of rotatable bonds is 5. The maximum absolute atomic E-state index is 12.1. The molecule has 2 rings (SSSR count). The van der Waals surface area contributed by atoms with E-state index in [9.17, 15) is 13.2 Å². The first-order chi connectivity index (χ1) is 11.6. The van der Waals surface area contributed by atoms with Gasteiger partial charge in [0.1, 0.15) is 17.5 Å². The second kappa shape index (κ2) is 8.16. The van der Waals surface area contributed by atoms with Crippen molar-refractivity contribution in [2.24, 2.45) is 0 Å². The van der Waals surface area contributed by atoms with Crippen molar-refractivity contribution < 1.29 is 26.9 Å². The van der Waals surface area contributed by atoms with Crippen LogP contribution in [0.5, 0.6) is 0 Å². The summed E-state index contributed by atoms with van der Waals surface area (Å²) in [6, 6.07) is 8.81. The lowest BCUT2D eigenvalue weighted by Crippen LogP contribution is -2.49. The summed E-state index contributed by atoms with van der Waals surface area (Å²) in [7, 11) is -3.72. The zero-order valence-corrected chi connectivity index (χ0v) is 15.6. The molecule has 1 heterocycles. The minimum Gasteiger partial charge on any atom is -0.444 e. The third-order valence-corrected chi connectivity index (χ3v) is 4.59. The number of carbonyl (C=O) groups excluding carboxylic acids is 1. The van der Waals surface area contributed by atoms with E-state index in [-0.39, 0.29) is 18.9 Å². The van der Waals surface area contributed by atoms with Crippen LogP contribution in [0.4, 0.5) is 4.79 Å². The van der Waals surface area contributed by atoms with Crippen LogP contribution in [0.25, 0.3) is 0 Å². The molecule has 0 radical (unpaired) electrons. The van der Waals surface area contributed by atoms with Crippen LogP contribution >= 0.6 is 0 Å². The molecule has 1 aliphatic rings. The van der Waals surface area contributed by atoms with Crippen molar-refractivity contribution in [2.75, 3.05) is 26.3 Å². The minimum absolute atomic E-state index is 0.130. The fraction of sp³-hybridized carbons (Fsp3) is 0.588. The lowest BCUT2D eigenvalue weighted by molar-refractivity contribution is -0.0549. The number of amides is 1. The van der Waals surface area contributed by atoms with Crippen LogP contribution < -0.4 is 0 Å². The average molecular weight is 371 g/mol. The van der Waals surface area contributed by atoms with Gasteiger partial charge in [0.05, 0.1) is 19.8 Å². The van der Waals surface area contributed by atoms with Gasteiger partial charge in [-0.05, 0) is 26.3 Å². The third kappa shape index (κ3) is 7.01. The zero-order chi connectivity index (χ0) is 18.5. The van der Waals surface area contributed by atoms with E-state index < -0.39 is 27.9 Å². The summed E-state index contributed by atoms with van der Waals surface area (Å²) in [5, 5.41) is 0. The molecule has 1 fully saturated rings. The van der Waals surface area contributed by atoms with Gasteiger partial charge in [-0.1, -0.05) is 30.3 Å². The molecule has 1 aromatic carbocycles.